The maximum atomic E-state index is 13.5. The summed E-state index contributed by atoms with van der Waals surface area (Å²) in [5.41, 5.74) is 1.39. The molecule has 20 heavy (non-hydrogen) atoms. The number of hydrogen-bond donors (Lipinski definition) is 2. The summed E-state index contributed by atoms with van der Waals surface area (Å²) in [6, 6.07) is 4.86. The van der Waals surface area contributed by atoms with Crippen LogP contribution in [0.5, 0.6) is 0 Å². The maximum Gasteiger partial charge on any atom is 0.127 e. The molecule has 0 bridgehead atoms. The number of aryl methyl sites for hydroxylation is 1. The largest absolute Gasteiger partial charge is 0.396 e. The molecule has 5 nitrogen and oxygen atoms in total. The summed E-state index contributed by atoms with van der Waals surface area (Å²) in [6.07, 6.45) is 2.47. The molecule has 2 rings (SSSR count). The van der Waals surface area contributed by atoms with Crippen LogP contribution in [0.25, 0.3) is 0 Å². The van der Waals surface area contributed by atoms with Gasteiger partial charge in [-0.05, 0) is 24.6 Å². The smallest absolute Gasteiger partial charge is 0.127 e. The Morgan fingerprint density at radius 3 is 3.00 bits per heavy atom. The highest BCUT2D eigenvalue weighted by Crippen LogP contribution is 2.15. The van der Waals surface area contributed by atoms with Gasteiger partial charge in [-0.2, -0.15) is 0 Å². The van der Waals surface area contributed by atoms with Crippen LogP contribution in [0.2, 0.25) is 0 Å². The van der Waals surface area contributed by atoms with Crippen molar-refractivity contribution >= 4 is 15.9 Å². The summed E-state index contributed by atoms with van der Waals surface area (Å²) in [6.45, 7) is 1.72. The Morgan fingerprint density at radius 1 is 1.35 bits per heavy atom. The highest BCUT2D eigenvalue weighted by molar-refractivity contribution is 9.10. The summed E-state index contributed by atoms with van der Waals surface area (Å²) >= 11 is 3.32. The quantitative estimate of drug-likeness (QED) is 0.806. The van der Waals surface area contributed by atoms with Crippen molar-refractivity contribution in [2.75, 3.05) is 6.61 Å². The normalized spacial score (nSPS) is 10.9. The minimum atomic E-state index is -0.229. The number of aliphatic hydroxyl groups is 1. The molecule has 0 radical (unpaired) electrons. The first kappa shape index (κ1) is 15.1. The summed E-state index contributed by atoms with van der Waals surface area (Å²) in [4.78, 5) is 0. The number of aromatic nitrogens is 3. The van der Waals surface area contributed by atoms with Crippen molar-refractivity contribution in [2.24, 2.45) is 0 Å². The number of nitrogens with zero attached hydrogens (tertiary/aromatic N) is 3. The lowest BCUT2D eigenvalue weighted by atomic mass is 10.2. The van der Waals surface area contributed by atoms with Crippen LogP contribution in [-0.2, 0) is 19.6 Å². The fourth-order valence-corrected chi connectivity index (χ4v) is 2.17. The number of rotatable bonds is 7. The summed E-state index contributed by atoms with van der Waals surface area (Å²) in [7, 11) is 0. The van der Waals surface area contributed by atoms with Crippen molar-refractivity contribution in [3.63, 3.8) is 0 Å². The predicted molar refractivity (Wildman–Crippen MR) is 76.4 cm³/mol. The van der Waals surface area contributed by atoms with Gasteiger partial charge in [0.05, 0.1) is 5.69 Å². The van der Waals surface area contributed by atoms with Crippen molar-refractivity contribution in [2.45, 2.75) is 26.1 Å². The number of aliphatic hydroxyl groups excluding tert-OH is 1. The second-order valence-corrected chi connectivity index (χ2v) is 5.31. The van der Waals surface area contributed by atoms with Gasteiger partial charge in [-0.3, -0.25) is 4.68 Å². The number of hydrogen-bond acceptors (Lipinski definition) is 4. The Hall–Kier alpha value is -1.31. The summed E-state index contributed by atoms with van der Waals surface area (Å²) < 4.78 is 16.1. The first-order valence-corrected chi connectivity index (χ1v) is 7.13. The Morgan fingerprint density at radius 2 is 2.20 bits per heavy atom. The molecular weight excluding hydrogens is 327 g/mol. The van der Waals surface area contributed by atoms with Gasteiger partial charge >= 0.3 is 0 Å². The minimum Gasteiger partial charge on any atom is -0.396 e. The molecule has 2 aromatic rings. The highest BCUT2D eigenvalue weighted by Gasteiger charge is 2.04. The third kappa shape index (κ3) is 4.36. The molecule has 0 fully saturated rings. The van der Waals surface area contributed by atoms with Crippen LogP contribution < -0.4 is 5.32 Å². The molecular formula is C13H16BrFN4O. The molecule has 1 heterocycles. The first-order chi connectivity index (χ1) is 9.69. The second-order valence-electron chi connectivity index (χ2n) is 4.39. The van der Waals surface area contributed by atoms with Gasteiger partial charge in [0.15, 0.2) is 0 Å². The molecule has 0 aliphatic carbocycles. The van der Waals surface area contributed by atoms with Gasteiger partial charge in [-0.15, -0.1) is 5.10 Å². The van der Waals surface area contributed by atoms with E-state index in [4.69, 9.17) is 5.11 Å². The molecule has 0 saturated carbocycles. The maximum absolute atomic E-state index is 13.5. The van der Waals surface area contributed by atoms with E-state index >= 15 is 0 Å². The fraction of sp³-hybridized carbons (Fsp3) is 0.385. The van der Waals surface area contributed by atoms with Crippen molar-refractivity contribution in [3.8, 4) is 0 Å². The minimum absolute atomic E-state index is 0.135. The zero-order chi connectivity index (χ0) is 14.4. The standard InChI is InChI=1S/C13H16BrFN4O/c14-11-2-3-13(15)10(6-11)7-16-8-12-9-19(18-17-12)4-1-5-20/h2-3,6,9,16,20H,1,4-5,7-8H2. The molecule has 7 heteroatoms. The van der Waals surface area contributed by atoms with Gasteiger partial charge in [0, 0.05) is 42.5 Å². The molecule has 108 valence electrons. The first-order valence-electron chi connectivity index (χ1n) is 6.33. The molecule has 2 N–H and O–H groups in total. The Bertz CT molecular complexity index is 561. The van der Waals surface area contributed by atoms with Crippen LogP contribution in [0.3, 0.4) is 0 Å². The van der Waals surface area contributed by atoms with Gasteiger partial charge in [0.1, 0.15) is 5.82 Å². The molecule has 0 atom stereocenters. The fourth-order valence-electron chi connectivity index (χ4n) is 1.77. The molecule has 0 aliphatic heterocycles. The van der Waals surface area contributed by atoms with Crippen LogP contribution in [0.4, 0.5) is 4.39 Å². The van der Waals surface area contributed by atoms with Gasteiger partial charge < -0.3 is 10.4 Å². The molecule has 1 aromatic heterocycles. The average molecular weight is 343 g/mol. The van der Waals surface area contributed by atoms with Gasteiger partial charge in [0.25, 0.3) is 0 Å². The lowest BCUT2D eigenvalue weighted by Crippen LogP contribution is -2.14. The summed E-state index contributed by atoms with van der Waals surface area (Å²) in [5, 5.41) is 19.8. The molecule has 0 aliphatic rings. The zero-order valence-corrected chi connectivity index (χ0v) is 12.5. The van der Waals surface area contributed by atoms with Crippen LogP contribution >= 0.6 is 15.9 Å². The lowest BCUT2D eigenvalue weighted by Gasteiger charge is -2.05. The van der Waals surface area contributed by atoms with E-state index in [1.54, 1.807) is 16.8 Å². The van der Waals surface area contributed by atoms with Crippen LogP contribution in [0, 0.1) is 5.82 Å². The number of nitrogens with one attached hydrogen (secondary N) is 1. The van der Waals surface area contributed by atoms with Crippen molar-refractivity contribution in [3.05, 3.63) is 45.9 Å². The SMILES string of the molecule is OCCCn1cc(CNCc2cc(Br)ccc2F)nn1. The van der Waals surface area contributed by atoms with Gasteiger partial charge in [-0.25, -0.2) is 4.39 Å². The van der Waals surface area contributed by atoms with E-state index in [0.717, 1.165) is 10.2 Å². The molecule has 0 spiro atoms. The van der Waals surface area contributed by atoms with Crippen molar-refractivity contribution in [1.29, 1.82) is 0 Å². The Labute approximate surface area is 124 Å². The van der Waals surface area contributed by atoms with Crippen molar-refractivity contribution < 1.29 is 9.50 Å². The summed E-state index contributed by atoms with van der Waals surface area (Å²) in [5.74, 6) is -0.229. The van der Waals surface area contributed by atoms with E-state index < -0.39 is 0 Å². The Balaban J connectivity index is 1.83. The Kier molecular flexibility index (Phi) is 5.63. The third-order valence-corrected chi connectivity index (χ3v) is 3.25. The van der Waals surface area contributed by atoms with Crippen LogP contribution in [-0.4, -0.2) is 26.7 Å². The third-order valence-electron chi connectivity index (χ3n) is 2.76. The lowest BCUT2D eigenvalue weighted by molar-refractivity contribution is 0.276. The second kappa shape index (κ2) is 7.47. The van der Waals surface area contributed by atoms with Gasteiger partial charge in [0.2, 0.25) is 0 Å². The molecule has 0 unspecified atom stereocenters. The monoisotopic (exact) mass is 342 g/mol. The van der Waals surface area contributed by atoms with Crippen LogP contribution in [0.1, 0.15) is 17.7 Å². The van der Waals surface area contributed by atoms with Gasteiger partial charge in [-0.1, -0.05) is 21.1 Å². The van der Waals surface area contributed by atoms with E-state index in [1.807, 2.05) is 6.20 Å². The van der Waals surface area contributed by atoms with E-state index in [2.05, 4.69) is 31.6 Å². The topological polar surface area (TPSA) is 63.0 Å². The number of halogens is 2. The van der Waals surface area contributed by atoms with Crippen molar-refractivity contribution in [1.82, 2.24) is 20.3 Å². The van der Waals surface area contributed by atoms with E-state index in [1.165, 1.54) is 6.07 Å². The molecule has 1 aromatic carbocycles. The number of benzene rings is 1. The molecule has 0 saturated heterocycles. The average Bonchev–Trinajstić information content (AvgIpc) is 2.88. The van der Waals surface area contributed by atoms with E-state index in [-0.39, 0.29) is 12.4 Å². The molecule has 0 amide bonds. The van der Waals surface area contributed by atoms with Crippen LogP contribution in [0.15, 0.2) is 28.9 Å². The van der Waals surface area contributed by atoms with E-state index in [0.29, 0.717) is 31.6 Å². The van der Waals surface area contributed by atoms with E-state index in [9.17, 15) is 4.39 Å². The highest BCUT2D eigenvalue weighted by atomic mass is 79.9. The predicted octanol–water partition coefficient (Wildman–Crippen LogP) is 1.85. The zero-order valence-electron chi connectivity index (χ0n) is 10.9.